The van der Waals surface area contributed by atoms with Gasteiger partial charge in [-0.05, 0) is 55.4 Å². The molecule has 2 bridgehead atoms. The molecule has 0 radical (unpaired) electrons. The number of benzene rings is 1. The molecule has 4 heteroatoms. The molecular weight excluding hydrogens is 279 g/mol. The molecule has 116 valence electrons. The second-order valence-electron chi connectivity index (χ2n) is 6.68. The Labute approximate surface area is 130 Å². The number of hydrogen-bond acceptors (Lipinski definition) is 2. The number of amides is 1. The van der Waals surface area contributed by atoms with Crippen molar-refractivity contribution in [3.05, 3.63) is 41.2 Å². The molecule has 0 aromatic heterocycles. The SMILES string of the molecule is O=C(C1=C(c2ccc(F)cc2)CCCC1)N1CC2CC(C1)N2. The van der Waals surface area contributed by atoms with Crippen LogP contribution in [0.25, 0.3) is 5.57 Å². The van der Waals surface area contributed by atoms with Crippen molar-refractivity contribution in [3.8, 4) is 0 Å². The summed E-state index contributed by atoms with van der Waals surface area (Å²) in [5.41, 5.74) is 3.09. The van der Waals surface area contributed by atoms with Crippen molar-refractivity contribution in [2.24, 2.45) is 0 Å². The van der Waals surface area contributed by atoms with Gasteiger partial charge in [-0.2, -0.15) is 0 Å². The van der Waals surface area contributed by atoms with Gasteiger partial charge in [-0.15, -0.1) is 0 Å². The van der Waals surface area contributed by atoms with E-state index in [1.54, 1.807) is 12.1 Å². The molecule has 1 aromatic carbocycles. The van der Waals surface area contributed by atoms with Gasteiger partial charge < -0.3 is 10.2 Å². The molecule has 2 unspecified atom stereocenters. The first-order valence-electron chi connectivity index (χ1n) is 8.24. The first-order chi connectivity index (χ1) is 10.7. The Hall–Kier alpha value is -1.68. The van der Waals surface area contributed by atoms with Crippen LogP contribution < -0.4 is 5.32 Å². The quantitative estimate of drug-likeness (QED) is 0.911. The summed E-state index contributed by atoms with van der Waals surface area (Å²) in [5.74, 6) is -0.0227. The average Bonchev–Trinajstić information content (AvgIpc) is 2.54. The van der Waals surface area contributed by atoms with Crippen LogP contribution in [0, 0.1) is 5.82 Å². The lowest BCUT2D eigenvalue weighted by Gasteiger charge is -2.48. The normalized spacial score (nSPS) is 27.6. The maximum absolute atomic E-state index is 13.2. The molecule has 3 aliphatic heterocycles. The van der Waals surface area contributed by atoms with E-state index in [0.717, 1.165) is 55.5 Å². The molecule has 1 N–H and O–H groups in total. The molecule has 3 fully saturated rings. The number of carbonyl (C=O) groups is 1. The number of allylic oxidation sites excluding steroid dienone is 1. The summed E-state index contributed by atoms with van der Waals surface area (Å²) in [6, 6.07) is 7.55. The summed E-state index contributed by atoms with van der Waals surface area (Å²) in [7, 11) is 0. The maximum atomic E-state index is 13.2. The third-order valence-electron chi connectivity index (χ3n) is 5.13. The van der Waals surface area contributed by atoms with Crippen LogP contribution in [0.15, 0.2) is 29.8 Å². The number of rotatable bonds is 2. The summed E-state index contributed by atoms with van der Waals surface area (Å²) in [6.07, 6.45) is 5.16. The molecule has 2 atom stereocenters. The van der Waals surface area contributed by atoms with Gasteiger partial charge in [0.15, 0.2) is 0 Å². The van der Waals surface area contributed by atoms with Crippen molar-refractivity contribution in [2.45, 2.75) is 44.2 Å². The van der Waals surface area contributed by atoms with Crippen molar-refractivity contribution >= 4 is 11.5 Å². The molecule has 5 rings (SSSR count). The van der Waals surface area contributed by atoms with Gasteiger partial charge in [0.1, 0.15) is 5.82 Å². The number of fused-ring (bicyclic) bond motifs is 2. The Kier molecular flexibility index (Phi) is 3.49. The summed E-state index contributed by atoms with van der Waals surface area (Å²) >= 11 is 0. The molecule has 3 saturated heterocycles. The summed E-state index contributed by atoms with van der Waals surface area (Å²) in [6.45, 7) is 1.66. The molecule has 4 aliphatic rings. The minimum Gasteiger partial charge on any atom is -0.336 e. The minimum atomic E-state index is -0.227. The van der Waals surface area contributed by atoms with Gasteiger partial charge in [0.05, 0.1) is 0 Å². The lowest BCUT2D eigenvalue weighted by Crippen LogP contribution is -2.67. The second-order valence-corrected chi connectivity index (χ2v) is 6.68. The number of piperazine rings is 1. The number of halogens is 1. The van der Waals surface area contributed by atoms with Crippen LogP contribution in [-0.4, -0.2) is 36.0 Å². The van der Waals surface area contributed by atoms with Crippen molar-refractivity contribution < 1.29 is 9.18 Å². The van der Waals surface area contributed by atoms with Crippen molar-refractivity contribution in [3.63, 3.8) is 0 Å². The van der Waals surface area contributed by atoms with Crippen LogP contribution >= 0.6 is 0 Å². The van der Waals surface area contributed by atoms with E-state index in [1.165, 1.54) is 18.6 Å². The van der Waals surface area contributed by atoms with Crippen LogP contribution in [0.3, 0.4) is 0 Å². The zero-order valence-electron chi connectivity index (χ0n) is 12.6. The van der Waals surface area contributed by atoms with E-state index in [2.05, 4.69) is 5.32 Å². The number of piperidine rings is 1. The number of carbonyl (C=O) groups excluding carboxylic acids is 1. The molecule has 3 nitrogen and oxygen atoms in total. The van der Waals surface area contributed by atoms with Crippen LogP contribution in [0.1, 0.15) is 37.7 Å². The standard InChI is InChI=1S/C18H21FN2O/c19-13-7-5-12(6-8-13)16-3-1-2-4-17(16)18(22)21-10-14-9-15(11-21)20-14/h5-8,14-15,20H,1-4,9-11H2. The third-order valence-corrected chi connectivity index (χ3v) is 5.13. The van der Waals surface area contributed by atoms with E-state index in [-0.39, 0.29) is 11.7 Å². The summed E-state index contributed by atoms with van der Waals surface area (Å²) in [5, 5.41) is 3.46. The minimum absolute atomic E-state index is 0.204. The molecular formula is C18H21FN2O. The Morgan fingerprint density at radius 1 is 1.09 bits per heavy atom. The van der Waals surface area contributed by atoms with Gasteiger partial charge in [-0.25, -0.2) is 4.39 Å². The smallest absolute Gasteiger partial charge is 0.250 e. The van der Waals surface area contributed by atoms with Crippen molar-refractivity contribution in [1.29, 1.82) is 0 Å². The second kappa shape index (κ2) is 5.51. The van der Waals surface area contributed by atoms with E-state index in [1.807, 2.05) is 4.90 Å². The number of nitrogens with one attached hydrogen (secondary N) is 1. The van der Waals surface area contributed by atoms with E-state index >= 15 is 0 Å². The Morgan fingerprint density at radius 3 is 2.41 bits per heavy atom. The fourth-order valence-corrected chi connectivity index (χ4v) is 3.98. The van der Waals surface area contributed by atoms with Gasteiger partial charge in [0.2, 0.25) is 5.91 Å². The molecule has 1 aliphatic carbocycles. The average molecular weight is 300 g/mol. The Morgan fingerprint density at radius 2 is 1.73 bits per heavy atom. The molecule has 3 heterocycles. The van der Waals surface area contributed by atoms with E-state index < -0.39 is 0 Å². The Bertz CT molecular complexity index is 606. The van der Waals surface area contributed by atoms with Crippen molar-refractivity contribution in [1.82, 2.24) is 10.2 Å². The lowest BCUT2D eigenvalue weighted by atomic mass is 9.85. The van der Waals surface area contributed by atoms with Crippen molar-refractivity contribution in [2.75, 3.05) is 13.1 Å². The predicted octanol–water partition coefficient (Wildman–Crippen LogP) is 2.73. The first kappa shape index (κ1) is 13.9. The molecule has 0 saturated carbocycles. The number of nitrogens with zero attached hydrogens (tertiary/aromatic N) is 1. The zero-order valence-corrected chi connectivity index (χ0v) is 12.6. The fourth-order valence-electron chi connectivity index (χ4n) is 3.98. The van der Waals surface area contributed by atoms with E-state index in [0.29, 0.717) is 12.1 Å². The highest BCUT2D eigenvalue weighted by molar-refractivity contribution is 6.01. The van der Waals surface area contributed by atoms with Crippen LogP contribution in [0.5, 0.6) is 0 Å². The largest absolute Gasteiger partial charge is 0.336 e. The van der Waals surface area contributed by atoms with Gasteiger partial charge in [0.25, 0.3) is 0 Å². The van der Waals surface area contributed by atoms with Gasteiger partial charge in [-0.1, -0.05) is 12.1 Å². The zero-order chi connectivity index (χ0) is 15.1. The Balaban J connectivity index is 1.63. The highest BCUT2D eigenvalue weighted by Crippen LogP contribution is 2.34. The number of hydrogen-bond donors (Lipinski definition) is 1. The highest BCUT2D eigenvalue weighted by atomic mass is 19.1. The maximum Gasteiger partial charge on any atom is 0.250 e. The topological polar surface area (TPSA) is 32.3 Å². The van der Waals surface area contributed by atoms with Gasteiger partial charge in [-0.3, -0.25) is 4.79 Å². The molecule has 1 aromatic rings. The van der Waals surface area contributed by atoms with Crippen LogP contribution in [-0.2, 0) is 4.79 Å². The van der Waals surface area contributed by atoms with Crippen LogP contribution in [0.4, 0.5) is 4.39 Å². The lowest BCUT2D eigenvalue weighted by molar-refractivity contribution is -0.131. The first-order valence-corrected chi connectivity index (χ1v) is 8.24. The molecule has 1 amide bonds. The summed E-state index contributed by atoms with van der Waals surface area (Å²) < 4.78 is 13.2. The monoisotopic (exact) mass is 300 g/mol. The third kappa shape index (κ3) is 2.45. The van der Waals surface area contributed by atoms with Gasteiger partial charge in [0, 0.05) is 30.7 Å². The predicted molar refractivity (Wildman–Crippen MR) is 83.7 cm³/mol. The fraction of sp³-hybridized carbons (Fsp3) is 0.500. The van der Waals surface area contributed by atoms with E-state index in [4.69, 9.17) is 0 Å². The highest BCUT2D eigenvalue weighted by Gasteiger charge is 2.39. The van der Waals surface area contributed by atoms with Crippen LogP contribution in [0.2, 0.25) is 0 Å². The van der Waals surface area contributed by atoms with Gasteiger partial charge >= 0.3 is 0 Å². The molecule has 22 heavy (non-hydrogen) atoms. The van der Waals surface area contributed by atoms with E-state index in [9.17, 15) is 9.18 Å². The molecule has 0 spiro atoms. The summed E-state index contributed by atoms with van der Waals surface area (Å²) in [4.78, 5) is 14.9.